The van der Waals surface area contributed by atoms with Gasteiger partial charge in [0.1, 0.15) is 0 Å². The van der Waals surface area contributed by atoms with E-state index >= 15 is 0 Å². The Hall–Kier alpha value is -1.89. The van der Waals surface area contributed by atoms with E-state index in [1.807, 2.05) is 6.21 Å². The van der Waals surface area contributed by atoms with Crippen molar-refractivity contribution in [2.45, 2.75) is 18.9 Å². The van der Waals surface area contributed by atoms with Crippen molar-refractivity contribution in [1.82, 2.24) is 0 Å². The molecule has 1 nitrogen and oxygen atoms in total. The third-order valence-corrected chi connectivity index (χ3v) is 3.23. The molecule has 1 aliphatic heterocycles. The maximum absolute atomic E-state index is 4.52. The lowest BCUT2D eigenvalue weighted by atomic mass is 9.99. The lowest BCUT2D eigenvalue weighted by Crippen LogP contribution is -1.91. The Bertz CT molecular complexity index is 528. The first-order valence-electron chi connectivity index (χ1n) is 6.10. The van der Waals surface area contributed by atoms with Crippen LogP contribution in [0.25, 0.3) is 11.1 Å². The predicted octanol–water partition coefficient (Wildman–Crippen LogP) is 4.26. The normalized spacial score (nSPS) is 18.5. The summed E-state index contributed by atoms with van der Waals surface area (Å²) in [5.74, 6) is 0. The van der Waals surface area contributed by atoms with Gasteiger partial charge in [0.25, 0.3) is 0 Å². The van der Waals surface area contributed by atoms with Crippen LogP contribution in [0.2, 0.25) is 0 Å². The zero-order chi connectivity index (χ0) is 11.5. The molecule has 0 saturated heterocycles. The summed E-state index contributed by atoms with van der Waals surface area (Å²) >= 11 is 0. The maximum Gasteiger partial charge on any atom is 0.0748 e. The van der Waals surface area contributed by atoms with E-state index in [0.717, 1.165) is 12.8 Å². The van der Waals surface area contributed by atoms with Gasteiger partial charge in [0.2, 0.25) is 0 Å². The maximum atomic E-state index is 4.52. The standard InChI is InChI=1S/C16H15N/c1-2-6-13(7-3-1)14-8-4-9-15(12-14)16-10-5-11-17-16/h1-4,6-9,11-12,16H,5,10H2. The Morgan fingerprint density at radius 2 is 1.71 bits per heavy atom. The van der Waals surface area contributed by atoms with E-state index in [1.54, 1.807) is 0 Å². The molecule has 0 radical (unpaired) electrons. The summed E-state index contributed by atoms with van der Waals surface area (Å²) in [5, 5.41) is 0. The molecule has 0 spiro atoms. The van der Waals surface area contributed by atoms with Crippen LogP contribution in [0.5, 0.6) is 0 Å². The molecule has 0 aromatic heterocycles. The molecule has 0 fully saturated rings. The number of hydrogen-bond acceptors (Lipinski definition) is 1. The molecule has 1 unspecified atom stereocenters. The Kier molecular flexibility index (Phi) is 2.74. The SMILES string of the molecule is C1=NC(c2cccc(-c3ccccc3)c2)CC1. The monoisotopic (exact) mass is 221 g/mol. The van der Waals surface area contributed by atoms with Crippen LogP contribution < -0.4 is 0 Å². The van der Waals surface area contributed by atoms with Crippen molar-refractivity contribution in [3.05, 3.63) is 60.2 Å². The fourth-order valence-electron chi connectivity index (χ4n) is 2.32. The van der Waals surface area contributed by atoms with Gasteiger partial charge in [0, 0.05) is 0 Å². The molecule has 1 atom stereocenters. The van der Waals surface area contributed by atoms with E-state index in [-0.39, 0.29) is 0 Å². The topological polar surface area (TPSA) is 12.4 Å². The number of benzene rings is 2. The van der Waals surface area contributed by atoms with Gasteiger partial charge >= 0.3 is 0 Å². The number of nitrogens with zero attached hydrogens (tertiary/aromatic N) is 1. The molecule has 0 N–H and O–H groups in total. The lowest BCUT2D eigenvalue weighted by Gasteiger charge is -2.09. The van der Waals surface area contributed by atoms with Crippen LogP contribution in [0.4, 0.5) is 0 Å². The first-order chi connectivity index (χ1) is 8.43. The van der Waals surface area contributed by atoms with E-state index in [9.17, 15) is 0 Å². The summed E-state index contributed by atoms with van der Waals surface area (Å²) in [6.07, 6.45) is 4.30. The third-order valence-electron chi connectivity index (χ3n) is 3.23. The molecule has 0 aliphatic carbocycles. The second-order valence-electron chi connectivity index (χ2n) is 4.42. The van der Waals surface area contributed by atoms with Gasteiger partial charge in [-0.25, -0.2) is 0 Å². The van der Waals surface area contributed by atoms with Crippen molar-refractivity contribution in [3.63, 3.8) is 0 Å². The zero-order valence-electron chi connectivity index (χ0n) is 9.71. The van der Waals surface area contributed by atoms with Crippen molar-refractivity contribution in [2.75, 3.05) is 0 Å². The lowest BCUT2D eigenvalue weighted by molar-refractivity contribution is 0.724. The van der Waals surface area contributed by atoms with Crippen molar-refractivity contribution in [2.24, 2.45) is 4.99 Å². The summed E-state index contributed by atoms with van der Waals surface area (Å²) < 4.78 is 0. The van der Waals surface area contributed by atoms with Gasteiger partial charge in [-0.2, -0.15) is 0 Å². The van der Waals surface area contributed by atoms with E-state index in [1.165, 1.54) is 16.7 Å². The molecule has 2 aromatic carbocycles. The quantitative estimate of drug-likeness (QED) is 0.718. The molecule has 1 aliphatic rings. The highest BCUT2D eigenvalue weighted by atomic mass is 14.8. The van der Waals surface area contributed by atoms with Gasteiger partial charge in [-0.3, -0.25) is 4.99 Å². The third kappa shape index (κ3) is 2.14. The summed E-state index contributed by atoms with van der Waals surface area (Å²) in [6, 6.07) is 19.6. The predicted molar refractivity (Wildman–Crippen MR) is 72.3 cm³/mol. The molecule has 0 bridgehead atoms. The van der Waals surface area contributed by atoms with Gasteiger partial charge in [-0.15, -0.1) is 0 Å². The second-order valence-corrected chi connectivity index (χ2v) is 4.42. The molecular weight excluding hydrogens is 206 g/mol. The summed E-state index contributed by atoms with van der Waals surface area (Å²) in [6.45, 7) is 0. The first kappa shape index (κ1) is 10.3. The van der Waals surface area contributed by atoms with E-state index < -0.39 is 0 Å². The van der Waals surface area contributed by atoms with Crippen LogP contribution in [0.15, 0.2) is 59.6 Å². The highest BCUT2D eigenvalue weighted by Gasteiger charge is 2.13. The van der Waals surface area contributed by atoms with Crippen molar-refractivity contribution >= 4 is 6.21 Å². The minimum atomic E-state index is 0.374. The Balaban J connectivity index is 1.97. The highest BCUT2D eigenvalue weighted by molar-refractivity contribution is 5.65. The summed E-state index contributed by atoms with van der Waals surface area (Å²) in [4.78, 5) is 4.52. The summed E-state index contributed by atoms with van der Waals surface area (Å²) in [7, 11) is 0. The zero-order valence-corrected chi connectivity index (χ0v) is 9.71. The second kappa shape index (κ2) is 4.54. The molecule has 0 amide bonds. The molecule has 0 saturated carbocycles. The minimum absolute atomic E-state index is 0.374. The minimum Gasteiger partial charge on any atom is -0.289 e. The molecule has 84 valence electrons. The fourth-order valence-corrected chi connectivity index (χ4v) is 2.32. The summed E-state index contributed by atoms with van der Waals surface area (Å²) in [5.41, 5.74) is 3.89. The van der Waals surface area contributed by atoms with E-state index in [0.29, 0.717) is 6.04 Å². The number of rotatable bonds is 2. The smallest absolute Gasteiger partial charge is 0.0748 e. The Morgan fingerprint density at radius 3 is 2.47 bits per heavy atom. The number of hydrogen-bond donors (Lipinski definition) is 0. The van der Waals surface area contributed by atoms with Gasteiger partial charge in [0.15, 0.2) is 0 Å². The van der Waals surface area contributed by atoms with Gasteiger partial charge in [0.05, 0.1) is 6.04 Å². The van der Waals surface area contributed by atoms with Gasteiger partial charge < -0.3 is 0 Å². The van der Waals surface area contributed by atoms with E-state index in [4.69, 9.17) is 0 Å². The number of aliphatic imine (C=N–C) groups is 1. The van der Waals surface area contributed by atoms with Crippen LogP contribution in [0.3, 0.4) is 0 Å². The van der Waals surface area contributed by atoms with Crippen LogP contribution >= 0.6 is 0 Å². The van der Waals surface area contributed by atoms with Crippen molar-refractivity contribution in [3.8, 4) is 11.1 Å². The molecule has 1 heteroatoms. The molecule has 17 heavy (non-hydrogen) atoms. The van der Waals surface area contributed by atoms with Crippen molar-refractivity contribution in [1.29, 1.82) is 0 Å². The molecule has 2 aromatic rings. The van der Waals surface area contributed by atoms with Crippen LogP contribution in [-0.2, 0) is 0 Å². The van der Waals surface area contributed by atoms with Gasteiger partial charge in [-0.05, 0) is 41.8 Å². The van der Waals surface area contributed by atoms with E-state index in [2.05, 4.69) is 59.6 Å². The fraction of sp³-hybridized carbons (Fsp3) is 0.188. The molecule has 3 rings (SSSR count). The van der Waals surface area contributed by atoms with Crippen LogP contribution in [0, 0.1) is 0 Å². The van der Waals surface area contributed by atoms with Gasteiger partial charge in [-0.1, -0.05) is 48.5 Å². The molecule has 1 heterocycles. The van der Waals surface area contributed by atoms with Crippen LogP contribution in [-0.4, -0.2) is 6.21 Å². The highest BCUT2D eigenvalue weighted by Crippen LogP contribution is 2.29. The largest absolute Gasteiger partial charge is 0.289 e. The average Bonchev–Trinajstić information content (AvgIpc) is 2.94. The Labute approximate surface area is 102 Å². The Morgan fingerprint density at radius 1 is 0.882 bits per heavy atom. The average molecular weight is 221 g/mol. The van der Waals surface area contributed by atoms with Crippen molar-refractivity contribution < 1.29 is 0 Å². The molecular formula is C16H15N. The first-order valence-corrected chi connectivity index (χ1v) is 6.10. The van der Waals surface area contributed by atoms with Crippen LogP contribution in [0.1, 0.15) is 24.4 Å².